The average Bonchev–Trinajstić information content (AvgIpc) is 3.39. The standard InChI is InChI=1S/C28H34N2O5/c1-17(2)23(27(32)33)15-29-26(31)14-18-8-7-13-25(18)30-28(34)35-16-24-21-11-5-3-9-19(21)20-10-4-6-12-22(20)24/h3-6,9-12,17-18,23-25H,7-8,13-16H2,1-2H3,(H,29,31)(H,30,34)(H,32,33). The van der Waals surface area contributed by atoms with Crippen LogP contribution in [0.15, 0.2) is 48.5 Å². The molecule has 0 spiro atoms. The fourth-order valence-electron chi connectivity index (χ4n) is 5.40. The molecule has 3 unspecified atom stereocenters. The molecule has 0 bridgehead atoms. The first-order chi connectivity index (χ1) is 16.8. The second-order valence-corrected chi connectivity index (χ2v) is 9.96. The van der Waals surface area contributed by atoms with E-state index in [9.17, 15) is 19.5 Å². The highest BCUT2D eigenvalue weighted by Gasteiger charge is 2.33. The summed E-state index contributed by atoms with van der Waals surface area (Å²) in [5.41, 5.74) is 4.69. The summed E-state index contributed by atoms with van der Waals surface area (Å²) in [7, 11) is 0. The van der Waals surface area contributed by atoms with Gasteiger partial charge in [-0.1, -0.05) is 68.8 Å². The molecule has 4 rings (SSSR count). The van der Waals surface area contributed by atoms with Crippen molar-refractivity contribution >= 4 is 18.0 Å². The summed E-state index contributed by atoms with van der Waals surface area (Å²) in [5, 5.41) is 15.0. The topological polar surface area (TPSA) is 105 Å². The molecule has 2 aliphatic rings. The molecule has 1 saturated carbocycles. The molecule has 2 aromatic rings. The maximum atomic E-state index is 12.7. The monoisotopic (exact) mass is 478 g/mol. The van der Waals surface area contributed by atoms with Crippen LogP contribution in [0.3, 0.4) is 0 Å². The lowest BCUT2D eigenvalue weighted by atomic mass is 9.95. The molecule has 35 heavy (non-hydrogen) atoms. The van der Waals surface area contributed by atoms with Gasteiger partial charge in [-0.05, 0) is 46.9 Å². The van der Waals surface area contributed by atoms with Crippen molar-refractivity contribution < 1.29 is 24.2 Å². The van der Waals surface area contributed by atoms with Gasteiger partial charge < -0.3 is 20.5 Å². The highest BCUT2D eigenvalue weighted by molar-refractivity contribution is 5.79. The van der Waals surface area contributed by atoms with Gasteiger partial charge in [0.05, 0.1) is 5.92 Å². The molecule has 0 aliphatic heterocycles. The van der Waals surface area contributed by atoms with E-state index in [1.165, 1.54) is 11.1 Å². The summed E-state index contributed by atoms with van der Waals surface area (Å²) in [6.07, 6.45) is 2.37. The first-order valence-corrected chi connectivity index (χ1v) is 12.5. The molecule has 0 heterocycles. The van der Waals surface area contributed by atoms with E-state index in [0.717, 1.165) is 30.4 Å². The molecule has 0 radical (unpaired) electrons. The Kier molecular flexibility index (Phi) is 7.73. The van der Waals surface area contributed by atoms with Crippen LogP contribution in [0.4, 0.5) is 4.79 Å². The van der Waals surface area contributed by atoms with E-state index in [-0.39, 0.29) is 49.3 Å². The van der Waals surface area contributed by atoms with Gasteiger partial charge in [-0.2, -0.15) is 0 Å². The molecule has 0 aromatic heterocycles. The largest absolute Gasteiger partial charge is 0.481 e. The zero-order chi connectivity index (χ0) is 24.9. The van der Waals surface area contributed by atoms with Crippen LogP contribution in [0.5, 0.6) is 0 Å². The maximum absolute atomic E-state index is 12.7. The number of carboxylic acid groups (broad SMARTS) is 1. The van der Waals surface area contributed by atoms with Crippen LogP contribution in [-0.4, -0.2) is 42.3 Å². The van der Waals surface area contributed by atoms with Gasteiger partial charge in [0.25, 0.3) is 0 Å². The van der Waals surface area contributed by atoms with Crippen molar-refractivity contribution in [3.05, 3.63) is 59.7 Å². The van der Waals surface area contributed by atoms with Crippen molar-refractivity contribution in [1.29, 1.82) is 0 Å². The van der Waals surface area contributed by atoms with Crippen LogP contribution in [-0.2, 0) is 14.3 Å². The lowest BCUT2D eigenvalue weighted by Gasteiger charge is -2.22. The Bertz CT molecular complexity index is 1040. The Labute approximate surface area is 206 Å². The maximum Gasteiger partial charge on any atom is 0.407 e. The van der Waals surface area contributed by atoms with Crippen molar-refractivity contribution in [3.63, 3.8) is 0 Å². The summed E-state index contributed by atoms with van der Waals surface area (Å²) in [6, 6.07) is 16.3. The molecule has 1 fully saturated rings. The van der Waals surface area contributed by atoms with Crippen LogP contribution in [0, 0.1) is 17.8 Å². The summed E-state index contributed by atoms with van der Waals surface area (Å²) in [4.78, 5) is 36.5. The number of fused-ring (bicyclic) bond motifs is 3. The van der Waals surface area contributed by atoms with Gasteiger partial charge >= 0.3 is 12.1 Å². The third-order valence-electron chi connectivity index (χ3n) is 7.39. The molecular formula is C28H34N2O5. The number of benzene rings is 2. The van der Waals surface area contributed by atoms with Gasteiger partial charge in [0, 0.05) is 24.9 Å². The van der Waals surface area contributed by atoms with E-state index in [4.69, 9.17) is 4.74 Å². The van der Waals surface area contributed by atoms with E-state index in [1.807, 2.05) is 38.1 Å². The van der Waals surface area contributed by atoms with Gasteiger partial charge in [0.2, 0.25) is 5.91 Å². The molecule has 3 N–H and O–H groups in total. The van der Waals surface area contributed by atoms with Gasteiger partial charge in [0.15, 0.2) is 0 Å². The van der Waals surface area contributed by atoms with Crippen LogP contribution < -0.4 is 10.6 Å². The minimum absolute atomic E-state index is 0.00133. The van der Waals surface area contributed by atoms with E-state index in [0.29, 0.717) is 0 Å². The second kappa shape index (κ2) is 10.9. The molecule has 0 saturated heterocycles. The number of hydrogen-bond acceptors (Lipinski definition) is 4. The zero-order valence-corrected chi connectivity index (χ0v) is 20.3. The number of nitrogens with one attached hydrogen (secondary N) is 2. The third kappa shape index (κ3) is 5.66. The zero-order valence-electron chi connectivity index (χ0n) is 20.3. The highest BCUT2D eigenvalue weighted by Crippen LogP contribution is 2.44. The fraction of sp³-hybridized carbons (Fsp3) is 0.464. The minimum Gasteiger partial charge on any atom is -0.481 e. The Hall–Kier alpha value is -3.35. The summed E-state index contributed by atoms with van der Waals surface area (Å²) in [6.45, 7) is 4.03. The summed E-state index contributed by atoms with van der Waals surface area (Å²) >= 11 is 0. The van der Waals surface area contributed by atoms with Gasteiger partial charge in [-0.15, -0.1) is 0 Å². The number of ether oxygens (including phenoxy) is 1. The molecular weight excluding hydrogens is 444 g/mol. The van der Waals surface area contributed by atoms with Crippen LogP contribution in [0.1, 0.15) is 56.6 Å². The van der Waals surface area contributed by atoms with Gasteiger partial charge in [0.1, 0.15) is 6.61 Å². The third-order valence-corrected chi connectivity index (χ3v) is 7.39. The Balaban J connectivity index is 1.29. The number of hydrogen-bond donors (Lipinski definition) is 3. The van der Waals surface area contributed by atoms with Crippen LogP contribution >= 0.6 is 0 Å². The van der Waals surface area contributed by atoms with Crippen molar-refractivity contribution in [2.75, 3.05) is 13.2 Å². The molecule has 2 aliphatic carbocycles. The van der Waals surface area contributed by atoms with Crippen molar-refractivity contribution in [3.8, 4) is 11.1 Å². The number of carboxylic acids is 1. The van der Waals surface area contributed by atoms with E-state index in [1.54, 1.807) is 0 Å². The number of amides is 2. The van der Waals surface area contributed by atoms with Crippen molar-refractivity contribution in [1.82, 2.24) is 10.6 Å². The highest BCUT2D eigenvalue weighted by atomic mass is 16.5. The summed E-state index contributed by atoms with van der Waals surface area (Å²) < 4.78 is 5.67. The lowest BCUT2D eigenvalue weighted by Crippen LogP contribution is -2.41. The van der Waals surface area contributed by atoms with Crippen molar-refractivity contribution in [2.24, 2.45) is 17.8 Å². The minimum atomic E-state index is -0.907. The van der Waals surface area contributed by atoms with Crippen LogP contribution in [0.25, 0.3) is 11.1 Å². The normalized spacial score (nSPS) is 19.6. The summed E-state index contributed by atoms with van der Waals surface area (Å²) in [5.74, 6) is -1.75. The van der Waals surface area contributed by atoms with E-state index in [2.05, 4.69) is 34.9 Å². The fourth-order valence-corrected chi connectivity index (χ4v) is 5.40. The van der Waals surface area contributed by atoms with Gasteiger partial charge in [-0.3, -0.25) is 9.59 Å². The van der Waals surface area contributed by atoms with E-state index < -0.39 is 18.0 Å². The number of carbonyl (C=O) groups excluding carboxylic acids is 2. The molecule has 2 amide bonds. The number of rotatable bonds is 9. The number of carbonyl (C=O) groups is 3. The quantitative estimate of drug-likeness (QED) is 0.490. The first-order valence-electron chi connectivity index (χ1n) is 12.5. The molecule has 3 atom stereocenters. The van der Waals surface area contributed by atoms with Gasteiger partial charge in [-0.25, -0.2) is 4.79 Å². The lowest BCUT2D eigenvalue weighted by molar-refractivity contribution is -0.143. The average molecular weight is 479 g/mol. The number of aliphatic carboxylic acids is 1. The molecule has 186 valence electrons. The first kappa shape index (κ1) is 24.8. The van der Waals surface area contributed by atoms with Crippen LogP contribution in [0.2, 0.25) is 0 Å². The second-order valence-electron chi connectivity index (χ2n) is 9.96. The molecule has 7 heteroatoms. The van der Waals surface area contributed by atoms with E-state index >= 15 is 0 Å². The smallest absolute Gasteiger partial charge is 0.407 e. The SMILES string of the molecule is CC(C)C(CNC(=O)CC1CCCC1NC(=O)OCC1c2ccccc2-c2ccccc21)C(=O)O. The Morgan fingerprint density at radius 1 is 1.00 bits per heavy atom. The Morgan fingerprint density at radius 3 is 2.23 bits per heavy atom. The molecule has 7 nitrogen and oxygen atoms in total. The predicted molar refractivity (Wildman–Crippen MR) is 133 cm³/mol. The molecule has 2 aromatic carbocycles. The number of alkyl carbamates (subject to hydrolysis) is 1. The Morgan fingerprint density at radius 2 is 1.63 bits per heavy atom. The van der Waals surface area contributed by atoms with Crippen molar-refractivity contribution in [2.45, 2.75) is 51.5 Å². The predicted octanol–water partition coefficient (Wildman–Crippen LogP) is 4.56.